The van der Waals surface area contributed by atoms with Crippen LogP contribution >= 0.6 is 0 Å². The van der Waals surface area contributed by atoms with E-state index in [4.69, 9.17) is 5.53 Å². The zero-order chi connectivity index (χ0) is 8.27. The van der Waals surface area contributed by atoms with Gasteiger partial charge in [-0.1, -0.05) is 0 Å². The Morgan fingerprint density at radius 1 is 1.82 bits per heavy atom. The number of rotatable bonds is 1. The van der Waals surface area contributed by atoms with Gasteiger partial charge in [0.15, 0.2) is 0 Å². The second-order valence-electron chi connectivity index (χ2n) is 1.71. The van der Waals surface area contributed by atoms with Gasteiger partial charge in [0.05, 0.1) is 0 Å². The molecule has 0 aliphatic carbocycles. The maximum absolute atomic E-state index is 10.5. The summed E-state index contributed by atoms with van der Waals surface area (Å²) < 4.78 is 1.21. The second kappa shape index (κ2) is 2.80. The first kappa shape index (κ1) is 7.23. The maximum atomic E-state index is 10.5. The van der Waals surface area contributed by atoms with Crippen LogP contribution in [0.15, 0.2) is 16.1 Å². The fourth-order valence-electron chi connectivity index (χ4n) is 0.515. The highest BCUT2D eigenvalue weighted by atomic mass is 16.1. The summed E-state index contributed by atoms with van der Waals surface area (Å²) in [6.07, 6.45) is 1.04. The summed E-state index contributed by atoms with van der Waals surface area (Å²) in [7, 11) is 1.52. The fraction of sp³-hybridized carbons (Fsp3) is 0.250. The standard InChI is InChI=1S/C4H4N6O/c1-10-4(8-9-5)7-3(11)2-6-10/h2H,1H3. The molecule has 1 aromatic rings. The van der Waals surface area contributed by atoms with Gasteiger partial charge < -0.3 is 0 Å². The van der Waals surface area contributed by atoms with Crippen LogP contribution in [0.1, 0.15) is 0 Å². The van der Waals surface area contributed by atoms with Crippen molar-refractivity contribution in [3.8, 4) is 0 Å². The minimum Gasteiger partial charge on any atom is -0.266 e. The van der Waals surface area contributed by atoms with Crippen LogP contribution in [-0.4, -0.2) is 14.8 Å². The van der Waals surface area contributed by atoms with Gasteiger partial charge >= 0.3 is 0 Å². The molecule has 0 aliphatic heterocycles. The zero-order valence-electron chi connectivity index (χ0n) is 5.67. The molecule has 7 heteroatoms. The van der Waals surface area contributed by atoms with Crippen molar-refractivity contribution in [3.05, 3.63) is 27.0 Å². The third-order valence-electron chi connectivity index (χ3n) is 0.975. The molecule has 0 saturated carbocycles. The summed E-state index contributed by atoms with van der Waals surface area (Å²) in [6, 6.07) is 0. The molecule has 0 unspecified atom stereocenters. The molecule has 0 spiro atoms. The van der Waals surface area contributed by atoms with Crippen molar-refractivity contribution < 1.29 is 0 Å². The van der Waals surface area contributed by atoms with E-state index in [-0.39, 0.29) is 5.95 Å². The molecule has 1 heterocycles. The van der Waals surface area contributed by atoms with E-state index in [1.54, 1.807) is 0 Å². The Labute approximate surface area is 60.9 Å². The van der Waals surface area contributed by atoms with Crippen molar-refractivity contribution in [2.75, 3.05) is 0 Å². The van der Waals surface area contributed by atoms with E-state index in [1.165, 1.54) is 11.7 Å². The van der Waals surface area contributed by atoms with Gasteiger partial charge in [0.25, 0.3) is 5.56 Å². The Morgan fingerprint density at radius 2 is 2.55 bits per heavy atom. The number of nitrogens with zero attached hydrogens (tertiary/aromatic N) is 6. The number of hydrogen-bond acceptors (Lipinski definition) is 4. The molecular formula is C4H4N6O. The van der Waals surface area contributed by atoms with Crippen LogP contribution in [0.2, 0.25) is 0 Å². The molecule has 0 aliphatic rings. The summed E-state index contributed by atoms with van der Waals surface area (Å²) in [5.41, 5.74) is 7.49. The normalized spacial score (nSPS) is 8.82. The number of aromatic nitrogens is 3. The lowest BCUT2D eigenvalue weighted by atomic mass is 10.8. The van der Waals surface area contributed by atoms with Crippen molar-refractivity contribution in [2.45, 2.75) is 0 Å². The Balaban J connectivity index is 3.34. The van der Waals surface area contributed by atoms with Crippen molar-refractivity contribution in [3.63, 3.8) is 0 Å². The highest BCUT2D eigenvalue weighted by molar-refractivity contribution is 5.10. The van der Waals surface area contributed by atoms with Crippen LogP contribution in [-0.2, 0) is 7.05 Å². The van der Waals surface area contributed by atoms with E-state index in [2.05, 4.69) is 20.1 Å². The van der Waals surface area contributed by atoms with Gasteiger partial charge in [-0.25, -0.2) is 4.68 Å². The third kappa shape index (κ3) is 1.53. The van der Waals surface area contributed by atoms with Crippen molar-refractivity contribution in [1.82, 2.24) is 14.8 Å². The van der Waals surface area contributed by atoms with Gasteiger partial charge in [-0.05, 0) is 10.6 Å². The summed E-state index contributed by atoms with van der Waals surface area (Å²) >= 11 is 0. The SMILES string of the molecule is Cn1ncc(=O)nc1N=[N+]=[N-]. The molecule has 11 heavy (non-hydrogen) atoms. The Morgan fingerprint density at radius 3 is 3.18 bits per heavy atom. The van der Waals surface area contributed by atoms with Gasteiger partial charge in [0.1, 0.15) is 6.20 Å². The largest absolute Gasteiger partial charge is 0.291 e. The molecular weight excluding hydrogens is 148 g/mol. The van der Waals surface area contributed by atoms with Crippen LogP contribution in [0.3, 0.4) is 0 Å². The lowest BCUT2D eigenvalue weighted by Gasteiger charge is -1.95. The topological polar surface area (TPSA) is 96.5 Å². The van der Waals surface area contributed by atoms with Crippen molar-refractivity contribution in [2.24, 2.45) is 12.2 Å². The van der Waals surface area contributed by atoms with Crippen LogP contribution in [0.4, 0.5) is 5.95 Å². The summed E-state index contributed by atoms with van der Waals surface area (Å²) in [4.78, 5) is 16.4. The van der Waals surface area contributed by atoms with Crippen LogP contribution in [0.5, 0.6) is 0 Å². The molecule has 1 rings (SSSR count). The number of aryl methyl sites for hydroxylation is 1. The monoisotopic (exact) mass is 152 g/mol. The average Bonchev–Trinajstić information content (AvgIpc) is 1.98. The second-order valence-corrected chi connectivity index (χ2v) is 1.71. The molecule has 0 saturated heterocycles. The maximum Gasteiger partial charge on any atom is 0.291 e. The molecule has 1 aromatic heterocycles. The lowest BCUT2D eigenvalue weighted by molar-refractivity contribution is 0.708. The molecule has 56 valence electrons. The minimum atomic E-state index is -0.523. The Bertz CT molecular complexity index is 361. The minimum absolute atomic E-state index is 0.0417. The predicted molar refractivity (Wildman–Crippen MR) is 36.1 cm³/mol. The molecule has 0 amide bonds. The molecule has 0 radical (unpaired) electrons. The smallest absolute Gasteiger partial charge is 0.266 e. The van der Waals surface area contributed by atoms with Crippen LogP contribution in [0.25, 0.3) is 10.4 Å². The molecule has 0 bridgehead atoms. The molecule has 0 atom stereocenters. The Hall–Kier alpha value is -1.88. The number of azide groups is 1. The van der Waals surface area contributed by atoms with Crippen LogP contribution in [0, 0.1) is 0 Å². The van der Waals surface area contributed by atoms with Crippen LogP contribution < -0.4 is 5.56 Å². The molecule has 7 nitrogen and oxygen atoms in total. The summed E-state index contributed by atoms with van der Waals surface area (Å²) in [6.45, 7) is 0. The average molecular weight is 152 g/mol. The molecule has 0 fully saturated rings. The Kier molecular flexibility index (Phi) is 1.84. The highest BCUT2D eigenvalue weighted by Crippen LogP contribution is 1.98. The van der Waals surface area contributed by atoms with E-state index < -0.39 is 5.56 Å². The third-order valence-corrected chi connectivity index (χ3v) is 0.975. The van der Waals surface area contributed by atoms with E-state index in [1.807, 2.05) is 0 Å². The van der Waals surface area contributed by atoms with Gasteiger partial charge in [-0.3, -0.25) is 4.79 Å². The van der Waals surface area contributed by atoms with Gasteiger partial charge in [-0.15, -0.1) is 0 Å². The first-order valence-electron chi connectivity index (χ1n) is 2.69. The zero-order valence-corrected chi connectivity index (χ0v) is 5.67. The molecule has 0 N–H and O–H groups in total. The van der Waals surface area contributed by atoms with Crippen molar-refractivity contribution in [1.29, 1.82) is 0 Å². The summed E-state index contributed by atoms with van der Waals surface area (Å²) in [5.74, 6) is -0.0417. The fourth-order valence-corrected chi connectivity index (χ4v) is 0.515. The first-order chi connectivity index (χ1) is 5.24. The van der Waals surface area contributed by atoms with Gasteiger partial charge in [0.2, 0.25) is 5.95 Å². The molecule has 0 aromatic carbocycles. The first-order valence-corrected chi connectivity index (χ1v) is 2.69. The van der Waals surface area contributed by atoms with E-state index in [0.717, 1.165) is 6.20 Å². The highest BCUT2D eigenvalue weighted by Gasteiger charge is 1.94. The van der Waals surface area contributed by atoms with Gasteiger partial charge in [-0.2, -0.15) is 10.1 Å². The van der Waals surface area contributed by atoms with Crippen molar-refractivity contribution >= 4 is 5.95 Å². The predicted octanol–water partition coefficient (Wildman–Crippen LogP) is 0.117. The van der Waals surface area contributed by atoms with E-state index >= 15 is 0 Å². The lowest BCUT2D eigenvalue weighted by Crippen LogP contribution is -2.11. The quantitative estimate of drug-likeness (QED) is 0.324. The van der Waals surface area contributed by atoms with E-state index in [9.17, 15) is 4.79 Å². The number of hydrogen-bond donors (Lipinski definition) is 0. The van der Waals surface area contributed by atoms with Gasteiger partial charge in [0, 0.05) is 12.0 Å². The van der Waals surface area contributed by atoms with E-state index in [0.29, 0.717) is 0 Å². The summed E-state index contributed by atoms with van der Waals surface area (Å²) in [5, 5.41) is 6.71.